The SMILES string of the molecule is Fc1ncc(OC2CC2)cn1. The monoisotopic (exact) mass is 154 g/mol. The quantitative estimate of drug-likeness (QED) is 0.599. The van der Waals surface area contributed by atoms with Gasteiger partial charge in [-0.3, -0.25) is 0 Å². The molecule has 0 saturated heterocycles. The summed E-state index contributed by atoms with van der Waals surface area (Å²) in [6.45, 7) is 0. The first-order valence-electron chi connectivity index (χ1n) is 3.49. The van der Waals surface area contributed by atoms with Gasteiger partial charge >= 0.3 is 6.08 Å². The summed E-state index contributed by atoms with van der Waals surface area (Å²) in [6, 6.07) is 0. The second-order valence-electron chi connectivity index (χ2n) is 2.51. The van der Waals surface area contributed by atoms with E-state index < -0.39 is 6.08 Å². The highest BCUT2D eigenvalue weighted by Crippen LogP contribution is 2.25. The summed E-state index contributed by atoms with van der Waals surface area (Å²) in [4.78, 5) is 6.71. The standard InChI is InChI=1S/C7H7FN2O/c8-7-9-3-6(4-10-7)11-5-1-2-5/h3-5H,1-2H2. The van der Waals surface area contributed by atoms with Crippen molar-refractivity contribution in [3.05, 3.63) is 18.5 Å². The predicted octanol–water partition coefficient (Wildman–Crippen LogP) is 1.16. The fourth-order valence-electron chi connectivity index (χ4n) is 0.740. The minimum atomic E-state index is -0.715. The van der Waals surface area contributed by atoms with Crippen molar-refractivity contribution in [1.29, 1.82) is 0 Å². The van der Waals surface area contributed by atoms with Crippen LogP contribution in [-0.4, -0.2) is 16.1 Å². The molecule has 0 radical (unpaired) electrons. The van der Waals surface area contributed by atoms with E-state index in [2.05, 4.69) is 9.97 Å². The van der Waals surface area contributed by atoms with Crippen LogP contribution in [0.5, 0.6) is 5.75 Å². The summed E-state index contributed by atoms with van der Waals surface area (Å²) in [5.41, 5.74) is 0. The van der Waals surface area contributed by atoms with E-state index in [1.807, 2.05) is 0 Å². The summed E-state index contributed by atoms with van der Waals surface area (Å²) in [7, 11) is 0. The zero-order valence-corrected chi connectivity index (χ0v) is 5.83. The summed E-state index contributed by atoms with van der Waals surface area (Å²) in [5, 5.41) is 0. The van der Waals surface area contributed by atoms with Gasteiger partial charge in [0.1, 0.15) is 0 Å². The molecule has 0 atom stereocenters. The van der Waals surface area contributed by atoms with Gasteiger partial charge in [0.15, 0.2) is 5.75 Å². The molecule has 1 heterocycles. The van der Waals surface area contributed by atoms with Crippen LogP contribution in [0.15, 0.2) is 12.4 Å². The van der Waals surface area contributed by atoms with E-state index in [4.69, 9.17) is 4.74 Å². The molecule has 1 aliphatic rings. The maximum absolute atomic E-state index is 12.2. The van der Waals surface area contributed by atoms with Gasteiger partial charge in [-0.1, -0.05) is 0 Å². The average molecular weight is 154 g/mol. The van der Waals surface area contributed by atoms with Crippen LogP contribution in [0.25, 0.3) is 0 Å². The number of ether oxygens (including phenoxy) is 1. The highest BCUT2D eigenvalue weighted by atomic mass is 19.1. The van der Waals surface area contributed by atoms with E-state index in [0.29, 0.717) is 11.9 Å². The van der Waals surface area contributed by atoms with Crippen molar-refractivity contribution >= 4 is 0 Å². The molecule has 0 N–H and O–H groups in total. The van der Waals surface area contributed by atoms with Gasteiger partial charge in [-0.05, 0) is 12.8 Å². The van der Waals surface area contributed by atoms with Crippen LogP contribution >= 0.6 is 0 Å². The first-order chi connectivity index (χ1) is 5.34. The van der Waals surface area contributed by atoms with Crippen molar-refractivity contribution in [1.82, 2.24) is 9.97 Å². The molecule has 58 valence electrons. The van der Waals surface area contributed by atoms with Crippen molar-refractivity contribution < 1.29 is 9.13 Å². The van der Waals surface area contributed by atoms with E-state index in [0.717, 1.165) is 12.8 Å². The first-order valence-corrected chi connectivity index (χ1v) is 3.49. The number of nitrogens with zero attached hydrogens (tertiary/aromatic N) is 2. The first kappa shape index (κ1) is 6.52. The Morgan fingerprint density at radius 3 is 2.55 bits per heavy atom. The lowest BCUT2D eigenvalue weighted by atomic mass is 10.6. The fourth-order valence-corrected chi connectivity index (χ4v) is 0.740. The molecule has 1 fully saturated rings. The molecule has 1 saturated carbocycles. The van der Waals surface area contributed by atoms with Gasteiger partial charge in [0.25, 0.3) is 0 Å². The highest BCUT2D eigenvalue weighted by Gasteiger charge is 2.23. The van der Waals surface area contributed by atoms with Crippen LogP contribution in [-0.2, 0) is 0 Å². The second-order valence-corrected chi connectivity index (χ2v) is 2.51. The summed E-state index contributed by atoms with van der Waals surface area (Å²) in [5.74, 6) is 0.550. The maximum atomic E-state index is 12.2. The Morgan fingerprint density at radius 2 is 2.00 bits per heavy atom. The van der Waals surface area contributed by atoms with Crippen LogP contribution < -0.4 is 4.74 Å². The van der Waals surface area contributed by atoms with Crippen LogP contribution in [0, 0.1) is 6.08 Å². The lowest BCUT2D eigenvalue weighted by molar-refractivity contribution is 0.298. The van der Waals surface area contributed by atoms with Gasteiger partial charge in [-0.15, -0.1) is 0 Å². The molecule has 0 amide bonds. The molecule has 3 nitrogen and oxygen atoms in total. The largest absolute Gasteiger partial charge is 0.487 e. The third-order valence-electron chi connectivity index (χ3n) is 1.42. The van der Waals surface area contributed by atoms with Crippen molar-refractivity contribution in [2.75, 3.05) is 0 Å². The molecule has 1 aliphatic carbocycles. The van der Waals surface area contributed by atoms with Crippen molar-refractivity contribution in [2.24, 2.45) is 0 Å². The summed E-state index contributed by atoms with van der Waals surface area (Å²) < 4.78 is 17.5. The van der Waals surface area contributed by atoms with Crippen molar-refractivity contribution in [2.45, 2.75) is 18.9 Å². The zero-order valence-electron chi connectivity index (χ0n) is 5.83. The molecular formula is C7H7FN2O. The van der Waals surface area contributed by atoms with Gasteiger partial charge in [0.05, 0.1) is 18.5 Å². The molecule has 1 aromatic rings. The van der Waals surface area contributed by atoms with Gasteiger partial charge in [0.2, 0.25) is 0 Å². The highest BCUT2D eigenvalue weighted by molar-refractivity contribution is 5.11. The van der Waals surface area contributed by atoms with Crippen LogP contribution in [0.1, 0.15) is 12.8 Å². The Labute approximate surface area is 63.2 Å². The van der Waals surface area contributed by atoms with E-state index in [9.17, 15) is 4.39 Å². The lowest BCUT2D eigenvalue weighted by Gasteiger charge is -2.00. The minimum absolute atomic E-state index is 0.309. The molecule has 2 rings (SSSR count). The Bertz CT molecular complexity index is 245. The maximum Gasteiger partial charge on any atom is 0.308 e. The molecule has 11 heavy (non-hydrogen) atoms. The summed E-state index contributed by atoms with van der Waals surface area (Å²) >= 11 is 0. The minimum Gasteiger partial charge on any atom is -0.487 e. The number of hydrogen-bond donors (Lipinski definition) is 0. The number of rotatable bonds is 2. The molecule has 1 aromatic heterocycles. The van der Waals surface area contributed by atoms with Gasteiger partial charge < -0.3 is 4.74 Å². The Morgan fingerprint density at radius 1 is 1.36 bits per heavy atom. The normalized spacial score (nSPS) is 16.5. The van der Waals surface area contributed by atoms with Crippen molar-refractivity contribution in [3.63, 3.8) is 0 Å². The number of halogens is 1. The third kappa shape index (κ3) is 1.63. The molecular weight excluding hydrogens is 147 g/mol. The van der Waals surface area contributed by atoms with E-state index in [1.165, 1.54) is 12.4 Å². The number of hydrogen-bond acceptors (Lipinski definition) is 3. The third-order valence-corrected chi connectivity index (χ3v) is 1.42. The molecule has 0 aliphatic heterocycles. The molecule has 0 spiro atoms. The lowest BCUT2D eigenvalue weighted by Crippen LogP contribution is -1.97. The number of aromatic nitrogens is 2. The van der Waals surface area contributed by atoms with Crippen molar-refractivity contribution in [3.8, 4) is 5.75 Å². The van der Waals surface area contributed by atoms with Gasteiger partial charge in [-0.2, -0.15) is 4.39 Å². The van der Waals surface area contributed by atoms with E-state index in [-0.39, 0.29) is 0 Å². The van der Waals surface area contributed by atoms with Crippen LogP contribution in [0.2, 0.25) is 0 Å². The predicted molar refractivity (Wildman–Crippen MR) is 35.6 cm³/mol. The Kier molecular flexibility index (Phi) is 1.45. The van der Waals surface area contributed by atoms with Gasteiger partial charge in [0, 0.05) is 0 Å². The Hall–Kier alpha value is -1.19. The molecule has 4 heteroatoms. The van der Waals surface area contributed by atoms with Crippen LogP contribution in [0.3, 0.4) is 0 Å². The molecule has 0 aromatic carbocycles. The average Bonchev–Trinajstić information content (AvgIpc) is 2.78. The van der Waals surface area contributed by atoms with E-state index >= 15 is 0 Å². The summed E-state index contributed by atoms with van der Waals surface area (Å²) in [6.07, 6.45) is 4.45. The van der Waals surface area contributed by atoms with E-state index in [1.54, 1.807) is 0 Å². The van der Waals surface area contributed by atoms with Gasteiger partial charge in [-0.25, -0.2) is 9.97 Å². The topological polar surface area (TPSA) is 35.0 Å². The van der Waals surface area contributed by atoms with Crippen LogP contribution in [0.4, 0.5) is 4.39 Å². The molecule has 0 bridgehead atoms. The fraction of sp³-hybridized carbons (Fsp3) is 0.429. The Balaban J connectivity index is 2.06. The second kappa shape index (κ2) is 2.45. The zero-order chi connectivity index (χ0) is 7.68. The smallest absolute Gasteiger partial charge is 0.308 e. The molecule has 0 unspecified atom stereocenters.